The number of hydrogen-bond acceptors (Lipinski definition) is 3. The molecule has 2 rings (SSSR count). The Balaban J connectivity index is 2.00. The zero-order valence-corrected chi connectivity index (χ0v) is 13.1. The van der Waals surface area contributed by atoms with Gasteiger partial charge in [-0.2, -0.15) is 0 Å². The maximum atomic E-state index is 12.3. The molecule has 0 bridgehead atoms. The number of carbonyl (C=O) groups excluding carboxylic acids is 1. The lowest BCUT2D eigenvalue weighted by atomic mass is 9.92. The van der Waals surface area contributed by atoms with Crippen molar-refractivity contribution in [3.63, 3.8) is 0 Å². The van der Waals surface area contributed by atoms with Crippen molar-refractivity contribution < 1.29 is 9.53 Å². The first-order valence-corrected chi connectivity index (χ1v) is 7.39. The molecule has 4 heteroatoms. The third kappa shape index (κ3) is 4.40. The lowest BCUT2D eigenvalue weighted by Crippen LogP contribution is -2.46. The Hall–Kier alpha value is -2.20. The second-order valence-corrected chi connectivity index (χ2v) is 5.50. The molecule has 0 fully saturated rings. The number of nitrogens with one attached hydrogen (secondary N) is 1. The van der Waals surface area contributed by atoms with E-state index in [1.54, 1.807) is 13.3 Å². The number of carbonyl (C=O) groups is 1. The molecule has 1 N–H and O–H groups in total. The molecule has 0 aliphatic carbocycles. The van der Waals surface area contributed by atoms with Crippen molar-refractivity contribution >= 4 is 5.91 Å². The SMILES string of the molecule is COCC(C)(NC(=O)CCc1ccccn1)c1ccccc1. The fraction of sp³-hybridized carbons (Fsp3) is 0.333. The van der Waals surface area contributed by atoms with Crippen LogP contribution in [0.2, 0.25) is 0 Å². The Morgan fingerprint density at radius 1 is 1.18 bits per heavy atom. The van der Waals surface area contributed by atoms with Crippen molar-refractivity contribution in [2.24, 2.45) is 0 Å². The molecule has 0 saturated carbocycles. The fourth-order valence-electron chi connectivity index (χ4n) is 2.44. The number of hydrogen-bond donors (Lipinski definition) is 1. The molecule has 22 heavy (non-hydrogen) atoms. The quantitative estimate of drug-likeness (QED) is 0.855. The van der Waals surface area contributed by atoms with Gasteiger partial charge in [0.2, 0.25) is 5.91 Å². The van der Waals surface area contributed by atoms with E-state index in [-0.39, 0.29) is 5.91 Å². The van der Waals surface area contributed by atoms with E-state index < -0.39 is 5.54 Å². The molecule has 1 amide bonds. The maximum Gasteiger partial charge on any atom is 0.221 e. The van der Waals surface area contributed by atoms with Gasteiger partial charge >= 0.3 is 0 Å². The predicted octanol–water partition coefficient (Wildman–Crippen LogP) is 2.69. The Labute approximate surface area is 131 Å². The number of benzene rings is 1. The summed E-state index contributed by atoms with van der Waals surface area (Å²) in [4.78, 5) is 16.5. The first kappa shape index (κ1) is 16.2. The summed E-state index contributed by atoms with van der Waals surface area (Å²) >= 11 is 0. The number of aryl methyl sites for hydroxylation is 1. The molecule has 0 spiro atoms. The summed E-state index contributed by atoms with van der Waals surface area (Å²) in [6.45, 7) is 2.40. The van der Waals surface area contributed by atoms with Gasteiger partial charge in [-0.25, -0.2) is 0 Å². The number of nitrogens with zero attached hydrogens (tertiary/aromatic N) is 1. The average molecular weight is 298 g/mol. The Bertz CT molecular complexity index is 587. The van der Waals surface area contributed by atoms with Gasteiger partial charge in [0.15, 0.2) is 0 Å². The van der Waals surface area contributed by atoms with Gasteiger partial charge in [-0.1, -0.05) is 36.4 Å². The Kier molecular flexibility index (Phi) is 5.67. The van der Waals surface area contributed by atoms with Crippen LogP contribution >= 0.6 is 0 Å². The molecule has 0 radical (unpaired) electrons. The zero-order chi connectivity index (χ0) is 15.8. The van der Waals surface area contributed by atoms with E-state index in [9.17, 15) is 4.79 Å². The van der Waals surface area contributed by atoms with Crippen LogP contribution in [0.5, 0.6) is 0 Å². The molecular weight excluding hydrogens is 276 g/mol. The van der Waals surface area contributed by atoms with Crippen molar-refractivity contribution in [3.05, 3.63) is 66.0 Å². The van der Waals surface area contributed by atoms with Crippen LogP contribution in [0.1, 0.15) is 24.6 Å². The highest BCUT2D eigenvalue weighted by Crippen LogP contribution is 2.21. The second-order valence-electron chi connectivity index (χ2n) is 5.50. The van der Waals surface area contributed by atoms with Crippen molar-refractivity contribution in [2.45, 2.75) is 25.3 Å². The van der Waals surface area contributed by atoms with Crippen molar-refractivity contribution in [1.82, 2.24) is 10.3 Å². The van der Waals surface area contributed by atoms with Gasteiger partial charge < -0.3 is 10.1 Å². The number of rotatable bonds is 7. The second kappa shape index (κ2) is 7.71. The van der Waals surface area contributed by atoms with E-state index >= 15 is 0 Å². The number of aromatic nitrogens is 1. The summed E-state index contributed by atoms with van der Waals surface area (Å²) in [5.41, 5.74) is 1.42. The van der Waals surface area contributed by atoms with Gasteiger partial charge in [-0.05, 0) is 31.0 Å². The molecule has 0 aliphatic rings. The van der Waals surface area contributed by atoms with E-state index in [0.29, 0.717) is 19.4 Å². The minimum atomic E-state index is -0.531. The smallest absolute Gasteiger partial charge is 0.221 e. The molecule has 1 aromatic carbocycles. The standard InChI is InChI=1S/C18H22N2O2/c1-18(14-22-2,15-8-4-3-5-9-15)20-17(21)12-11-16-10-6-7-13-19-16/h3-10,13H,11-12,14H2,1-2H3,(H,20,21). The average Bonchev–Trinajstić information content (AvgIpc) is 2.55. The molecule has 1 unspecified atom stereocenters. The van der Waals surface area contributed by atoms with E-state index in [0.717, 1.165) is 11.3 Å². The topological polar surface area (TPSA) is 51.2 Å². The van der Waals surface area contributed by atoms with Gasteiger partial charge in [0.1, 0.15) is 0 Å². The summed E-state index contributed by atoms with van der Waals surface area (Å²) in [6.07, 6.45) is 2.78. The highest BCUT2D eigenvalue weighted by atomic mass is 16.5. The van der Waals surface area contributed by atoms with Crippen molar-refractivity contribution in [3.8, 4) is 0 Å². The van der Waals surface area contributed by atoms with Crippen LogP contribution in [0.4, 0.5) is 0 Å². The summed E-state index contributed by atoms with van der Waals surface area (Å²) in [7, 11) is 1.64. The van der Waals surface area contributed by atoms with E-state index in [4.69, 9.17) is 4.74 Å². The number of ether oxygens (including phenoxy) is 1. The van der Waals surface area contributed by atoms with Crippen LogP contribution in [0.15, 0.2) is 54.7 Å². The lowest BCUT2D eigenvalue weighted by Gasteiger charge is -2.30. The molecule has 1 aromatic heterocycles. The molecule has 1 atom stereocenters. The fourth-order valence-corrected chi connectivity index (χ4v) is 2.44. The monoisotopic (exact) mass is 298 g/mol. The van der Waals surface area contributed by atoms with Gasteiger partial charge in [-0.3, -0.25) is 9.78 Å². The van der Waals surface area contributed by atoms with Crippen molar-refractivity contribution in [1.29, 1.82) is 0 Å². The van der Waals surface area contributed by atoms with Gasteiger partial charge in [-0.15, -0.1) is 0 Å². The highest BCUT2D eigenvalue weighted by Gasteiger charge is 2.28. The normalized spacial score (nSPS) is 13.4. The number of amides is 1. The molecule has 0 saturated heterocycles. The zero-order valence-electron chi connectivity index (χ0n) is 13.1. The molecule has 2 aromatic rings. The van der Waals surface area contributed by atoms with Gasteiger partial charge in [0, 0.05) is 25.4 Å². The van der Waals surface area contributed by atoms with Crippen LogP contribution < -0.4 is 5.32 Å². The molecule has 1 heterocycles. The van der Waals surface area contributed by atoms with E-state index in [1.807, 2.05) is 55.5 Å². The molecular formula is C18H22N2O2. The van der Waals surface area contributed by atoms with Gasteiger partial charge in [0.05, 0.1) is 12.1 Å². The first-order valence-electron chi connectivity index (χ1n) is 7.39. The summed E-state index contributed by atoms with van der Waals surface area (Å²) in [5.74, 6) is -0.00550. The maximum absolute atomic E-state index is 12.3. The largest absolute Gasteiger partial charge is 0.382 e. The Morgan fingerprint density at radius 3 is 2.55 bits per heavy atom. The Morgan fingerprint density at radius 2 is 1.91 bits per heavy atom. The van der Waals surface area contributed by atoms with Crippen molar-refractivity contribution in [2.75, 3.05) is 13.7 Å². The predicted molar refractivity (Wildman–Crippen MR) is 86.4 cm³/mol. The number of pyridine rings is 1. The molecule has 0 aliphatic heterocycles. The molecule has 116 valence electrons. The molecule has 4 nitrogen and oxygen atoms in total. The van der Waals surface area contributed by atoms with Crippen LogP contribution in [0.25, 0.3) is 0 Å². The first-order chi connectivity index (χ1) is 10.6. The highest BCUT2D eigenvalue weighted by molar-refractivity contribution is 5.77. The minimum Gasteiger partial charge on any atom is -0.382 e. The summed E-state index contributed by atoms with van der Waals surface area (Å²) < 4.78 is 5.30. The third-order valence-electron chi connectivity index (χ3n) is 3.59. The number of methoxy groups -OCH3 is 1. The van der Waals surface area contributed by atoms with Crippen LogP contribution in [-0.2, 0) is 21.5 Å². The van der Waals surface area contributed by atoms with E-state index in [2.05, 4.69) is 10.3 Å². The summed E-state index contributed by atoms with van der Waals surface area (Å²) in [5, 5.41) is 3.09. The third-order valence-corrected chi connectivity index (χ3v) is 3.59. The van der Waals surface area contributed by atoms with Gasteiger partial charge in [0.25, 0.3) is 0 Å². The van der Waals surface area contributed by atoms with Crippen LogP contribution in [-0.4, -0.2) is 24.6 Å². The lowest BCUT2D eigenvalue weighted by molar-refractivity contribution is -0.123. The summed E-state index contributed by atoms with van der Waals surface area (Å²) in [6, 6.07) is 15.6. The van der Waals surface area contributed by atoms with Crippen LogP contribution in [0, 0.1) is 0 Å². The minimum absolute atomic E-state index is 0.00550. The van der Waals surface area contributed by atoms with Crippen LogP contribution in [0.3, 0.4) is 0 Å². The van der Waals surface area contributed by atoms with E-state index in [1.165, 1.54) is 0 Å².